The number of aryl methyl sites for hydroxylation is 1. The van der Waals surface area contributed by atoms with Crippen LogP contribution >= 0.6 is 0 Å². The number of hydrogen-bond acceptors (Lipinski definition) is 3. The number of para-hydroxylation sites is 1. The van der Waals surface area contributed by atoms with Gasteiger partial charge in [-0.15, -0.1) is 0 Å². The molecule has 6 heteroatoms. The summed E-state index contributed by atoms with van der Waals surface area (Å²) in [6.45, 7) is 0.289. The van der Waals surface area contributed by atoms with Crippen LogP contribution in [-0.4, -0.2) is 27.1 Å². The summed E-state index contributed by atoms with van der Waals surface area (Å²) in [7, 11) is -3.38. The zero-order valence-electron chi connectivity index (χ0n) is 15.6. The van der Waals surface area contributed by atoms with Crippen LogP contribution in [0.5, 0.6) is 0 Å². The Morgan fingerprint density at radius 1 is 1.11 bits per heavy atom. The number of nitrogens with one attached hydrogen (secondary N) is 1. The summed E-state index contributed by atoms with van der Waals surface area (Å²) in [5.41, 5.74) is 3.14. The zero-order valence-corrected chi connectivity index (χ0v) is 16.4. The van der Waals surface area contributed by atoms with Gasteiger partial charge >= 0.3 is 0 Å². The van der Waals surface area contributed by atoms with E-state index in [1.54, 1.807) is 24.3 Å². The standard InChI is InChI=1S/C21H26N2O3S/c1-27(25,26)23(18-11-3-2-4-12-18)16-8-15-21(24)22-20-14-7-10-17-9-5-6-13-19(17)20/h2-6,9,11-13,20H,7-8,10,14-16H2,1H3,(H,22,24). The maximum absolute atomic E-state index is 12.4. The highest BCUT2D eigenvalue weighted by Gasteiger charge is 2.22. The van der Waals surface area contributed by atoms with Gasteiger partial charge in [-0.05, 0) is 48.9 Å². The molecule has 5 nitrogen and oxygen atoms in total. The van der Waals surface area contributed by atoms with Crippen LogP contribution in [0.15, 0.2) is 54.6 Å². The third kappa shape index (κ3) is 5.10. The summed E-state index contributed by atoms with van der Waals surface area (Å²) >= 11 is 0. The second-order valence-electron chi connectivity index (χ2n) is 6.99. The van der Waals surface area contributed by atoms with Gasteiger partial charge in [0, 0.05) is 13.0 Å². The molecule has 1 unspecified atom stereocenters. The van der Waals surface area contributed by atoms with Gasteiger partial charge in [-0.25, -0.2) is 8.42 Å². The number of amides is 1. The molecule has 0 aromatic heterocycles. The number of carbonyl (C=O) groups excluding carboxylic acids is 1. The topological polar surface area (TPSA) is 66.5 Å². The zero-order chi connectivity index (χ0) is 19.3. The van der Waals surface area contributed by atoms with Gasteiger partial charge in [0.25, 0.3) is 0 Å². The van der Waals surface area contributed by atoms with Gasteiger partial charge in [-0.2, -0.15) is 0 Å². The molecule has 2 aromatic rings. The molecule has 2 aromatic carbocycles. The van der Waals surface area contributed by atoms with Crippen molar-refractivity contribution in [3.8, 4) is 0 Å². The Kier molecular flexibility index (Phi) is 6.16. The smallest absolute Gasteiger partial charge is 0.232 e. The lowest BCUT2D eigenvalue weighted by molar-refractivity contribution is -0.122. The lowest BCUT2D eigenvalue weighted by Gasteiger charge is -2.26. The van der Waals surface area contributed by atoms with Crippen LogP contribution in [0.4, 0.5) is 5.69 Å². The molecule has 1 aliphatic rings. The fourth-order valence-electron chi connectivity index (χ4n) is 3.63. The Balaban J connectivity index is 1.56. The SMILES string of the molecule is CS(=O)(=O)N(CCCC(=O)NC1CCCc2ccccc21)c1ccccc1. The van der Waals surface area contributed by atoms with Gasteiger partial charge in [0.1, 0.15) is 0 Å². The summed E-state index contributed by atoms with van der Waals surface area (Å²) in [6, 6.07) is 17.3. The van der Waals surface area contributed by atoms with Crippen LogP contribution in [0.3, 0.4) is 0 Å². The minimum atomic E-state index is -3.38. The van der Waals surface area contributed by atoms with Crippen LogP contribution in [0.1, 0.15) is 42.9 Å². The van der Waals surface area contributed by atoms with Crippen LogP contribution in [0, 0.1) is 0 Å². The molecule has 0 saturated heterocycles. The molecule has 0 spiro atoms. The molecule has 0 bridgehead atoms. The molecule has 0 saturated carbocycles. The molecule has 1 amide bonds. The highest BCUT2D eigenvalue weighted by molar-refractivity contribution is 7.92. The molecular formula is C21H26N2O3S. The summed E-state index contributed by atoms with van der Waals surface area (Å²) in [5, 5.41) is 3.12. The average molecular weight is 387 g/mol. The Hall–Kier alpha value is -2.34. The van der Waals surface area contributed by atoms with Crippen LogP contribution in [0.2, 0.25) is 0 Å². The van der Waals surface area contributed by atoms with Crippen molar-refractivity contribution in [3.05, 3.63) is 65.7 Å². The third-order valence-electron chi connectivity index (χ3n) is 4.91. The van der Waals surface area contributed by atoms with E-state index in [1.807, 2.05) is 18.2 Å². The molecule has 27 heavy (non-hydrogen) atoms. The molecule has 1 aliphatic carbocycles. The molecule has 0 heterocycles. The number of rotatable bonds is 7. The summed E-state index contributed by atoms with van der Waals surface area (Å²) in [6.07, 6.45) is 5.04. The summed E-state index contributed by atoms with van der Waals surface area (Å²) < 4.78 is 25.5. The monoisotopic (exact) mass is 386 g/mol. The quantitative estimate of drug-likeness (QED) is 0.793. The Bertz CT molecular complexity index is 881. The lowest BCUT2D eigenvalue weighted by Crippen LogP contribution is -2.33. The van der Waals surface area contributed by atoms with Crippen molar-refractivity contribution >= 4 is 21.6 Å². The summed E-state index contributed by atoms with van der Waals surface area (Å²) in [4.78, 5) is 12.4. The second-order valence-corrected chi connectivity index (χ2v) is 8.89. The van der Waals surface area contributed by atoms with E-state index in [4.69, 9.17) is 0 Å². The molecule has 0 radical (unpaired) electrons. The largest absolute Gasteiger partial charge is 0.349 e. The van der Waals surface area contributed by atoms with Gasteiger partial charge in [0.15, 0.2) is 0 Å². The van der Waals surface area contributed by atoms with E-state index in [0.29, 0.717) is 18.5 Å². The van der Waals surface area contributed by atoms with Gasteiger partial charge in [-0.1, -0.05) is 42.5 Å². The fraction of sp³-hybridized carbons (Fsp3) is 0.381. The van der Waals surface area contributed by atoms with Gasteiger partial charge < -0.3 is 5.32 Å². The first kappa shape index (κ1) is 19.4. The van der Waals surface area contributed by atoms with Crippen LogP contribution < -0.4 is 9.62 Å². The number of fused-ring (bicyclic) bond motifs is 1. The molecule has 1 N–H and O–H groups in total. The number of benzene rings is 2. The number of sulfonamides is 1. The van der Waals surface area contributed by atoms with E-state index >= 15 is 0 Å². The predicted octanol–water partition coefficient (Wildman–Crippen LogP) is 3.43. The maximum Gasteiger partial charge on any atom is 0.232 e. The normalized spacial score (nSPS) is 16.4. The van der Waals surface area contributed by atoms with Crippen molar-refractivity contribution in [2.24, 2.45) is 0 Å². The van der Waals surface area contributed by atoms with Crippen molar-refractivity contribution in [1.29, 1.82) is 0 Å². The van der Waals surface area contributed by atoms with Crippen molar-refractivity contribution in [2.45, 2.75) is 38.1 Å². The first-order chi connectivity index (χ1) is 12.9. The van der Waals surface area contributed by atoms with E-state index in [9.17, 15) is 13.2 Å². The molecule has 3 rings (SSSR count). The highest BCUT2D eigenvalue weighted by Crippen LogP contribution is 2.29. The second kappa shape index (κ2) is 8.57. The number of nitrogens with zero attached hydrogens (tertiary/aromatic N) is 1. The van der Waals surface area contributed by atoms with Gasteiger partial charge in [0.05, 0.1) is 18.0 Å². The van der Waals surface area contributed by atoms with E-state index in [1.165, 1.54) is 21.7 Å². The predicted molar refractivity (Wildman–Crippen MR) is 108 cm³/mol. The van der Waals surface area contributed by atoms with Crippen molar-refractivity contribution < 1.29 is 13.2 Å². The molecule has 0 aliphatic heterocycles. The van der Waals surface area contributed by atoms with Gasteiger partial charge in [0.2, 0.25) is 15.9 Å². The molecular weight excluding hydrogens is 360 g/mol. The Labute approximate surface area is 161 Å². The van der Waals surface area contributed by atoms with Gasteiger partial charge in [-0.3, -0.25) is 9.10 Å². The minimum Gasteiger partial charge on any atom is -0.349 e. The third-order valence-corrected chi connectivity index (χ3v) is 6.11. The van der Waals surface area contributed by atoms with E-state index in [-0.39, 0.29) is 18.5 Å². The number of carbonyl (C=O) groups is 1. The Morgan fingerprint density at radius 3 is 2.56 bits per heavy atom. The van der Waals surface area contributed by atoms with Crippen LogP contribution in [-0.2, 0) is 21.2 Å². The van der Waals surface area contributed by atoms with E-state index in [0.717, 1.165) is 19.3 Å². The number of hydrogen-bond donors (Lipinski definition) is 1. The first-order valence-corrected chi connectivity index (χ1v) is 11.2. The minimum absolute atomic E-state index is 0.0294. The first-order valence-electron chi connectivity index (χ1n) is 9.35. The molecule has 144 valence electrons. The lowest BCUT2D eigenvalue weighted by atomic mass is 9.87. The number of anilines is 1. The Morgan fingerprint density at radius 2 is 1.81 bits per heavy atom. The maximum atomic E-state index is 12.4. The van der Waals surface area contributed by atoms with E-state index < -0.39 is 10.0 Å². The summed E-state index contributed by atoms with van der Waals surface area (Å²) in [5.74, 6) is -0.0294. The molecule has 0 fully saturated rings. The van der Waals surface area contributed by atoms with Crippen molar-refractivity contribution in [1.82, 2.24) is 5.32 Å². The highest BCUT2D eigenvalue weighted by atomic mass is 32.2. The van der Waals surface area contributed by atoms with Crippen molar-refractivity contribution in [3.63, 3.8) is 0 Å². The van der Waals surface area contributed by atoms with Crippen LogP contribution in [0.25, 0.3) is 0 Å². The molecule has 1 atom stereocenters. The van der Waals surface area contributed by atoms with Crippen molar-refractivity contribution in [2.75, 3.05) is 17.1 Å². The fourth-order valence-corrected chi connectivity index (χ4v) is 4.60. The van der Waals surface area contributed by atoms with E-state index in [2.05, 4.69) is 17.4 Å². The average Bonchev–Trinajstić information content (AvgIpc) is 2.65.